The van der Waals surface area contributed by atoms with Crippen LogP contribution in [-0.4, -0.2) is 17.4 Å². The van der Waals surface area contributed by atoms with Gasteiger partial charge in [-0.05, 0) is 11.5 Å². The van der Waals surface area contributed by atoms with Crippen LogP contribution in [0.5, 0.6) is 5.75 Å². The molecule has 0 saturated heterocycles. The van der Waals surface area contributed by atoms with Crippen molar-refractivity contribution in [1.29, 1.82) is 0 Å². The first kappa shape index (κ1) is 9.95. The molecule has 0 fully saturated rings. The zero-order chi connectivity index (χ0) is 10.8. The molecule has 0 unspecified atom stereocenters. The van der Waals surface area contributed by atoms with Crippen LogP contribution in [0, 0.1) is 5.82 Å². The van der Waals surface area contributed by atoms with E-state index in [4.69, 9.17) is 10.0 Å². The third kappa shape index (κ3) is 1.93. The quantitative estimate of drug-likeness (QED) is 0.728. The molecule has 15 heavy (non-hydrogen) atoms. The largest absolute Gasteiger partial charge is 0.707 e. The van der Waals surface area contributed by atoms with Crippen LogP contribution in [0.15, 0.2) is 36.4 Å². The Morgan fingerprint density at radius 2 is 1.80 bits per heavy atom. The van der Waals surface area contributed by atoms with Crippen molar-refractivity contribution in [3.8, 4) is 5.75 Å². The minimum atomic E-state index is -2.02. The molecule has 2 rings (SSSR count). The van der Waals surface area contributed by atoms with E-state index in [0.717, 1.165) is 5.39 Å². The lowest BCUT2D eigenvalue weighted by atomic mass is 10.1. The lowest BCUT2D eigenvalue weighted by molar-refractivity contribution is 0.283. The van der Waals surface area contributed by atoms with Crippen molar-refractivity contribution in [2.24, 2.45) is 0 Å². The van der Waals surface area contributed by atoms with E-state index in [1.807, 2.05) is 0 Å². The molecule has 0 aliphatic carbocycles. The normalized spacial score (nSPS) is 10.3. The van der Waals surface area contributed by atoms with Gasteiger partial charge in [-0.2, -0.15) is 0 Å². The Labute approximate surface area is 85.9 Å². The number of hydrogen-bond acceptors (Lipinski definition) is 3. The standard InChI is InChI=1S/C10H8BFO3/c12-9-6-5-7-3-1-2-4-8(7)10(9)15-11(13)14/h1-6,13-14H. The number of hydrogen-bond donors (Lipinski definition) is 2. The monoisotopic (exact) mass is 206 g/mol. The average molecular weight is 206 g/mol. The molecule has 5 heteroatoms. The highest BCUT2D eigenvalue weighted by atomic mass is 19.1. The van der Waals surface area contributed by atoms with Crippen molar-refractivity contribution >= 4 is 18.1 Å². The fraction of sp³-hybridized carbons (Fsp3) is 0. The molecule has 0 amide bonds. The molecule has 2 aromatic carbocycles. The predicted molar refractivity (Wildman–Crippen MR) is 54.7 cm³/mol. The highest BCUT2D eigenvalue weighted by molar-refractivity contribution is 6.34. The third-order valence-electron chi connectivity index (χ3n) is 2.05. The topological polar surface area (TPSA) is 49.7 Å². The maximum Gasteiger partial charge on any atom is 0.707 e. The summed E-state index contributed by atoms with van der Waals surface area (Å²) >= 11 is 0. The molecule has 0 aromatic heterocycles. The van der Waals surface area contributed by atoms with Gasteiger partial charge in [0, 0.05) is 5.39 Å². The number of rotatable bonds is 2. The maximum atomic E-state index is 13.3. The molecule has 0 aliphatic heterocycles. The summed E-state index contributed by atoms with van der Waals surface area (Å²) < 4.78 is 17.9. The summed E-state index contributed by atoms with van der Waals surface area (Å²) in [6.45, 7) is 0. The molecule has 0 spiro atoms. The third-order valence-corrected chi connectivity index (χ3v) is 2.05. The molecule has 0 bridgehead atoms. The summed E-state index contributed by atoms with van der Waals surface area (Å²) in [6, 6.07) is 9.78. The van der Waals surface area contributed by atoms with Gasteiger partial charge in [-0.3, -0.25) is 0 Å². The van der Waals surface area contributed by atoms with Crippen molar-refractivity contribution in [3.63, 3.8) is 0 Å². The van der Waals surface area contributed by atoms with Gasteiger partial charge in [-0.1, -0.05) is 30.3 Å². The summed E-state index contributed by atoms with van der Waals surface area (Å²) in [5.74, 6) is -0.773. The highest BCUT2D eigenvalue weighted by Crippen LogP contribution is 2.28. The minimum absolute atomic E-state index is 0.150. The van der Waals surface area contributed by atoms with Crippen LogP contribution in [0.3, 0.4) is 0 Å². The van der Waals surface area contributed by atoms with Crippen LogP contribution >= 0.6 is 0 Å². The first-order valence-corrected chi connectivity index (χ1v) is 4.38. The SMILES string of the molecule is OB(O)Oc1c(F)ccc2ccccc12. The van der Waals surface area contributed by atoms with Gasteiger partial charge in [0.15, 0.2) is 5.82 Å². The number of halogens is 1. The van der Waals surface area contributed by atoms with Gasteiger partial charge < -0.3 is 14.7 Å². The molecular weight excluding hydrogens is 198 g/mol. The predicted octanol–water partition coefficient (Wildman–Crippen LogP) is 1.33. The van der Waals surface area contributed by atoms with E-state index in [2.05, 4.69) is 4.65 Å². The first-order chi connectivity index (χ1) is 7.18. The Morgan fingerprint density at radius 3 is 2.53 bits per heavy atom. The van der Waals surface area contributed by atoms with Crippen LogP contribution in [0.4, 0.5) is 4.39 Å². The van der Waals surface area contributed by atoms with Gasteiger partial charge in [-0.15, -0.1) is 0 Å². The molecular formula is C10H8BFO3. The molecule has 76 valence electrons. The molecule has 0 atom stereocenters. The van der Waals surface area contributed by atoms with Crippen LogP contribution < -0.4 is 4.65 Å². The summed E-state index contributed by atoms with van der Waals surface area (Å²) in [6.07, 6.45) is 0. The Hall–Kier alpha value is -1.59. The molecule has 2 N–H and O–H groups in total. The van der Waals surface area contributed by atoms with Crippen LogP contribution in [0.1, 0.15) is 0 Å². The van der Waals surface area contributed by atoms with Crippen molar-refractivity contribution in [2.45, 2.75) is 0 Å². The molecule has 0 saturated carbocycles. The molecule has 0 aliphatic rings. The van der Waals surface area contributed by atoms with Gasteiger partial charge in [0.1, 0.15) is 5.75 Å². The van der Waals surface area contributed by atoms with Crippen LogP contribution in [0.2, 0.25) is 0 Å². The summed E-state index contributed by atoms with van der Waals surface area (Å²) in [4.78, 5) is 0. The van der Waals surface area contributed by atoms with E-state index < -0.39 is 13.1 Å². The number of fused-ring (bicyclic) bond motifs is 1. The molecule has 2 aromatic rings. The van der Waals surface area contributed by atoms with Gasteiger partial charge >= 0.3 is 7.32 Å². The van der Waals surface area contributed by atoms with E-state index in [0.29, 0.717) is 5.39 Å². The van der Waals surface area contributed by atoms with Crippen molar-refractivity contribution in [2.75, 3.05) is 0 Å². The Balaban J connectivity index is 2.63. The second-order valence-electron chi connectivity index (χ2n) is 3.04. The zero-order valence-corrected chi connectivity index (χ0v) is 7.72. The van der Waals surface area contributed by atoms with E-state index in [1.54, 1.807) is 30.3 Å². The fourth-order valence-corrected chi connectivity index (χ4v) is 1.44. The van der Waals surface area contributed by atoms with Crippen molar-refractivity contribution in [1.82, 2.24) is 0 Å². The van der Waals surface area contributed by atoms with Crippen molar-refractivity contribution < 1.29 is 19.1 Å². The summed E-state index contributed by atoms with van der Waals surface area (Å²) in [5.41, 5.74) is 0. The Morgan fingerprint density at radius 1 is 1.07 bits per heavy atom. The summed E-state index contributed by atoms with van der Waals surface area (Å²) in [7, 11) is -2.02. The van der Waals surface area contributed by atoms with Gasteiger partial charge in [0.2, 0.25) is 0 Å². The Kier molecular flexibility index (Phi) is 2.57. The zero-order valence-electron chi connectivity index (χ0n) is 7.72. The maximum absolute atomic E-state index is 13.3. The van der Waals surface area contributed by atoms with E-state index >= 15 is 0 Å². The van der Waals surface area contributed by atoms with E-state index in [1.165, 1.54) is 6.07 Å². The van der Waals surface area contributed by atoms with E-state index in [-0.39, 0.29) is 5.75 Å². The second-order valence-corrected chi connectivity index (χ2v) is 3.04. The fourth-order valence-electron chi connectivity index (χ4n) is 1.44. The van der Waals surface area contributed by atoms with Crippen LogP contribution in [0.25, 0.3) is 10.8 Å². The van der Waals surface area contributed by atoms with Gasteiger partial charge in [0.05, 0.1) is 0 Å². The Bertz CT molecular complexity index is 487. The average Bonchev–Trinajstić information content (AvgIpc) is 2.22. The number of benzene rings is 2. The molecule has 3 nitrogen and oxygen atoms in total. The molecule has 0 radical (unpaired) electrons. The van der Waals surface area contributed by atoms with Gasteiger partial charge in [0.25, 0.3) is 0 Å². The second kappa shape index (κ2) is 3.88. The van der Waals surface area contributed by atoms with Gasteiger partial charge in [-0.25, -0.2) is 4.39 Å². The first-order valence-electron chi connectivity index (χ1n) is 4.38. The van der Waals surface area contributed by atoms with E-state index in [9.17, 15) is 4.39 Å². The summed E-state index contributed by atoms with van der Waals surface area (Å²) in [5, 5.41) is 18.6. The van der Waals surface area contributed by atoms with Crippen LogP contribution in [-0.2, 0) is 0 Å². The smallest absolute Gasteiger partial charge is 0.509 e. The molecule has 0 heterocycles. The highest BCUT2D eigenvalue weighted by Gasteiger charge is 2.16. The van der Waals surface area contributed by atoms with Crippen molar-refractivity contribution in [3.05, 3.63) is 42.2 Å². The lowest BCUT2D eigenvalue weighted by Crippen LogP contribution is -2.21. The minimum Gasteiger partial charge on any atom is -0.509 e. The lowest BCUT2D eigenvalue weighted by Gasteiger charge is -2.09.